The van der Waals surface area contributed by atoms with Gasteiger partial charge in [-0.1, -0.05) is 30.3 Å². The number of aromatic amines is 1. The predicted octanol–water partition coefficient (Wildman–Crippen LogP) is 3.13. The highest BCUT2D eigenvalue weighted by molar-refractivity contribution is 5.94. The van der Waals surface area contributed by atoms with Gasteiger partial charge >= 0.3 is 0 Å². The van der Waals surface area contributed by atoms with Crippen molar-refractivity contribution in [2.45, 2.75) is 12.5 Å². The maximum absolute atomic E-state index is 12.6. The molecule has 122 valence electrons. The normalized spacial score (nSPS) is 11.7. The number of imidazole rings is 1. The van der Waals surface area contributed by atoms with Crippen LogP contribution in [0.25, 0.3) is 0 Å². The summed E-state index contributed by atoms with van der Waals surface area (Å²) < 4.78 is 5.13. The Labute approximate surface area is 140 Å². The predicted molar refractivity (Wildman–Crippen MR) is 91.9 cm³/mol. The van der Waals surface area contributed by atoms with Gasteiger partial charge in [-0.25, -0.2) is 4.98 Å². The molecule has 2 aromatic carbocycles. The van der Waals surface area contributed by atoms with E-state index in [4.69, 9.17) is 4.74 Å². The lowest BCUT2D eigenvalue weighted by atomic mass is 10.0. The molecule has 5 nitrogen and oxygen atoms in total. The van der Waals surface area contributed by atoms with E-state index >= 15 is 0 Å². The van der Waals surface area contributed by atoms with E-state index in [-0.39, 0.29) is 11.9 Å². The zero-order valence-electron chi connectivity index (χ0n) is 13.4. The first-order chi connectivity index (χ1) is 11.8. The molecule has 1 aromatic heterocycles. The summed E-state index contributed by atoms with van der Waals surface area (Å²) in [6, 6.07) is 16.8. The van der Waals surface area contributed by atoms with Crippen LogP contribution in [0.3, 0.4) is 0 Å². The Morgan fingerprint density at radius 1 is 1.17 bits per heavy atom. The molecule has 0 spiro atoms. The lowest BCUT2D eigenvalue weighted by molar-refractivity contribution is 0.0936. The molecule has 2 N–H and O–H groups in total. The van der Waals surface area contributed by atoms with Crippen molar-refractivity contribution in [2.75, 3.05) is 7.11 Å². The average Bonchev–Trinajstić information content (AvgIpc) is 3.15. The number of carbonyl (C=O) groups is 1. The standard InChI is InChI=1S/C19H19N3O2/c1-24-16-9-7-15(8-10-16)19(23)22-17(13-18-20-11-12-21-18)14-5-3-2-4-6-14/h2-12,17H,13H2,1H3,(H,20,21)(H,22,23). The monoisotopic (exact) mass is 321 g/mol. The van der Waals surface area contributed by atoms with Crippen LogP contribution in [-0.2, 0) is 6.42 Å². The van der Waals surface area contributed by atoms with E-state index < -0.39 is 0 Å². The van der Waals surface area contributed by atoms with E-state index in [0.717, 1.165) is 17.1 Å². The maximum Gasteiger partial charge on any atom is 0.251 e. The number of hydrogen-bond donors (Lipinski definition) is 2. The second-order valence-electron chi connectivity index (χ2n) is 5.41. The van der Waals surface area contributed by atoms with Crippen LogP contribution in [0.4, 0.5) is 0 Å². The summed E-state index contributed by atoms with van der Waals surface area (Å²) in [5.41, 5.74) is 1.63. The minimum Gasteiger partial charge on any atom is -0.497 e. The fraction of sp³-hybridized carbons (Fsp3) is 0.158. The van der Waals surface area contributed by atoms with Gasteiger partial charge in [0.15, 0.2) is 0 Å². The quantitative estimate of drug-likeness (QED) is 0.733. The number of H-pyrrole nitrogens is 1. The van der Waals surface area contributed by atoms with Crippen molar-refractivity contribution in [3.63, 3.8) is 0 Å². The molecule has 0 bridgehead atoms. The Kier molecular flexibility index (Phi) is 4.91. The Hall–Kier alpha value is -3.08. The van der Waals surface area contributed by atoms with E-state index in [9.17, 15) is 4.79 Å². The van der Waals surface area contributed by atoms with Crippen LogP contribution in [0.2, 0.25) is 0 Å². The topological polar surface area (TPSA) is 67.0 Å². The number of hydrogen-bond acceptors (Lipinski definition) is 3. The number of benzene rings is 2. The number of methoxy groups -OCH3 is 1. The van der Waals surface area contributed by atoms with Crippen molar-refractivity contribution in [1.29, 1.82) is 0 Å². The van der Waals surface area contributed by atoms with Gasteiger partial charge in [-0.3, -0.25) is 4.79 Å². The summed E-state index contributed by atoms with van der Waals surface area (Å²) >= 11 is 0. The molecular formula is C19H19N3O2. The number of aromatic nitrogens is 2. The lowest BCUT2D eigenvalue weighted by Gasteiger charge is -2.18. The number of carbonyl (C=O) groups excluding carboxylic acids is 1. The second kappa shape index (κ2) is 7.46. The van der Waals surface area contributed by atoms with E-state index in [1.54, 1.807) is 43.8 Å². The van der Waals surface area contributed by atoms with Gasteiger partial charge in [-0.2, -0.15) is 0 Å². The van der Waals surface area contributed by atoms with Crippen LogP contribution in [0, 0.1) is 0 Å². The fourth-order valence-corrected chi connectivity index (χ4v) is 2.52. The van der Waals surface area contributed by atoms with Crippen LogP contribution in [0.15, 0.2) is 67.0 Å². The third-order valence-electron chi connectivity index (χ3n) is 3.81. The van der Waals surface area contributed by atoms with Gasteiger partial charge in [0.25, 0.3) is 5.91 Å². The first-order valence-electron chi connectivity index (χ1n) is 7.74. The van der Waals surface area contributed by atoms with Gasteiger partial charge in [0.1, 0.15) is 11.6 Å². The van der Waals surface area contributed by atoms with E-state index in [1.807, 2.05) is 30.3 Å². The minimum atomic E-state index is -0.160. The van der Waals surface area contributed by atoms with Crippen LogP contribution >= 0.6 is 0 Å². The Morgan fingerprint density at radius 3 is 2.54 bits per heavy atom. The molecule has 0 radical (unpaired) electrons. The van der Waals surface area contributed by atoms with Crippen LogP contribution in [-0.4, -0.2) is 23.0 Å². The highest BCUT2D eigenvalue weighted by Gasteiger charge is 2.17. The number of rotatable bonds is 6. The molecule has 24 heavy (non-hydrogen) atoms. The van der Waals surface area contributed by atoms with Gasteiger partial charge in [-0.05, 0) is 29.8 Å². The molecule has 0 aliphatic heterocycles. The Bertz CT molecular complexity index is 768. The number of amides is 1. The summed E-state index contributed by atoms with van der Waals surface area (Å²) in [6.45, 7) is 0. The van der Waals surface area contributed by atoms with Crippen molar-refractivity contribution in [1.82, 2.24) is 15.3 Å². The fourth-order valence-electron chi connectivity index (χ4n) is 2.52. The molecule has 3 rings (SSSR count). The van der Waals surface area contributed by atoms with E-state index in [2.05, 4.69) is 15.3 Å². The van der Waals surface area contributed by atoms with Crippen LogP contribution in [0.5, 0.6) is 5.75 Å². The molecule has 1 atom stereocenters. The summed E-state index contributed by atoms with van der Waals surface area (Å²) in [7, 11) is 1.60. The molecule has 3 aromatic rings. The van der Waals surface area contributed by atoms with Crippen molar-refractivity contribution in [2.24, 2.45) is 0 Å². The largest absolute Gasteiger partial charge is 0.497 e. The molecule has 0 aliphatic rings. The first kappa shape index (κ1) is 15.8. The Morgan fingerprint density at radius 2 is 1.92 bits per heavy atom. The molecule has 5 heteroatoms. The van der Waals surface area contributed by atoms with Crippen molar-refractivity contribution >= 4 is 5.91 Å². The van der Waals surface area contributed by atoms with E-state index in [1.165, 1.54) is 0 Å². The van der Waals surface area contributed by atoms with Gasteiger partial charge in [0.05, 0.1) is 13.2 Å². The first-order valence-corrected chi connectivity index (χ1v) is 7.74. The molecule has 0 saturated carbocycles. The second-order valence-corrected chi connectivity index (χ2v) is 5.41. The number of ether oxygens (including phenoxy) is 1. The van der Waals surface area contributed by atoms with Gasteiger partial charge < -0.3 is 15.0 Å². The smallest absolute Gasteiger partial charge is 0.251 e. The molecular weight excluding hydrogens is 302 g/mol. The number of nitrogens with zero attached hydrogens (tertiary/aromatic N) is 1. The SMILES string of the molecule is COc1ccc(C(=O)NC(Cc2ncc[nH]2)c2ccccc2)cc1. The zero-order valence-corrected chi connectivity index (χ0v) is 13.4. The van der Waals surface area contributed by atoms with Gasteiger partial charge in [0, 0.05) is 24.4 Å². The van der Waals surface area contributed by atoms with E-state index in [0.29, 0.717) is 12.0 Å². The van der Waals surface area contributed by atoms with Gasteiger partial charge in [0.2, 0.25) is 0 Å². The summed E-state index contributed by atoms with van der Waals surface area (Å²) in [6.07, 6.45) is 4.09. The highest BCUT2D eigenvalue weighted by Crippen LogP contribution is 2.18. The molecule has 1 unspecified atom stereocenters. The molecule has 0 fully saturated rings. The van der Waals surface area contributed by atoms with Gasteiger partial charge in [-0.15, -0.1) is 0 Å². The molecule has 0 saturated heterocycles. The summed E-state index contributed by atoms with van der Waals surface area (Å²) in [5, 5.41) is 3.09. The third kappa shape index (κ3) is 3.81. The highest BCUT2D eigenvalue weighted by atomic mass is 16.5. The van der Waals surface area contributed by atoms with Crippen molar-refractivity contribution in [3.05, 3.63) is 83.9 Å². The molecule has 1 heterocycles. The lowest BCUT2D eigenvalue weighted by Crippen LogP contribution is -2.30. The third-order valence-corrected chi connectivity index (χ3v) is 3.81. The number of nitrogens with one attached hydrogen (secondary N) is 2. The molecule has 1 amide bonds. The zero-order chi connectivity index (χ0) is 16.8. The Balaban J connectivity index is 1.78. The van der Waals surface area contributed by atoms with Crippen LogP contribution < -0.4 is 10.1 Å². The maximum atomic E-state index is 12.6. The average molecular weight is 321 g/mol. The summed E-state index contributed by atoms with van der Waals surface area (Å²) in [5.74, 6) is 1.43. The van der Waals surface area contributed by atoms with Crippen molar-refractivity contribution < 1.29 is 9.53 Å². The van der Waals surface area contributed by atoms with Crippen LogP contribution in [0.1, 0.15) is 27.8 Å². The minimum absolute atomic E-state index is 0.127. The summed E-state index contributed by atoms with van der Waals surface area (Å²) in [4.78, 5) is 19.9. The molecule has 0 aliphatic carbocycles. The van der Waals surface area contributed by atoms with Crippen molar-refractivity contribution in [3.8, 4) is 5.75 Å².